The van der Waals surface area contributed by atoms with E-state index in [2.05, 4.69) is 11.9 Å². The molecule has 88 valence electrons. The van der Waals surface area contributed by atoms with Crippen LogP contribution in [0, 0.1) is 0 Å². The maximum atomic E-state index is 11.1. The van der Waals surface area contributed by atoms with Crippen molar-refractivity contribution in [2.45, 2.75) is 19.4 Å². The van der Waals surface area contributed by atoms with Gasteiger partial charge >= 0.3 is 5.97 Å². The van der Waals surface area contributed by atoms with Crippen LogP contribution in [0.2, 0.25) is 0 Å². The van der Waals surface area contributed by atoms with Crippen molar-refractivity contribution in [3.8, 4) is 0 Å². The molecule has 0 aromatic carbocycles. The predicted octanol–water partition coefficient (Wildman–Crippen LogP) is 1.71. The SMILES string of the molecule is CCc1csc(N2CCSCC2C(=O)O)n1. The first-order valence-electron chi connectivity index (χ1n) is 5.24. The number of thioether (sulfide) groups is 1. The third-order valence-corrected chi connectivity index (χ3v) is 4.51. The number of carboxylic acid groups (broad SMARTS) is 1. The molecule has 1 N–H and O–H groups in total. The molecule has 1 aromatic heterocycles. The molecule has 1 aliphatic rings. The fraction of sp³-hybridized carbons (Fsp3) is 0.600. The Balaban J connectivity index is 2.19. The molecule has 2 rings (SSSR count). The first-order chi connectivity index (χ1) is 7.72. The zero-order chi connectivity index (χ0) is 11.5. The number of rotatable bonds is 3. The van der Waals surface area contributed by atoms with E-state index in [1.54, 1.807) is 23.1 Å². The monoisotopic (exact) mass is 258 g/mol. The van der Waals surface area contributed by atoms with Crippen molar-refractivity contribution >= 4 is 34.2 Å². The minimum absolute atomic E-state index is 0.422. The van der Waals surface area contributed by atoms with Crippen molar-refractivity contribution in [3.05, 3.63) is 11.1 Å². The fourth-order valence-electron chi connectivity index (χ4n) is 1.63. The maximum absolute atomic E-state index is 11.1. The Hall–Kier alpha value is -0.750. The zero-order valence-electron chi connectivity index (χ0n) is 9.05. The molecule has 1 fully saturated rings. The van der Waals surface area contributed by atoms with Crippen LogP contribution in [0.5, 0.6) is 0 Å². The zero-order valence-corrected chi connectivity index (χ0v) is 10.7. The van der Waals surface area contributed by atoms with Crippen molar-refractivity contribution in [2.24, 2.45) is 0 Å². The molecule has 0 spiro atoms. The Bertz CT molecular complexity index is 381. The predicted molar refractivity (Wildman–Crippen MR) is 67.6 cm³/mol. The van der Waals surface area contributed by atoms with Crippen LogP contribution in [0.1, 0.15) is 12.6 Å². The number of anilines is 1. The minimum Gasteiger partial charge on any atom is -0.480 e. The highest BCUT2D eigenvalue weighted by Crippen LogP contribution is 2.27. The van der Waals surface area contributed by atoms with Gasteiger partial charge in [-0.2, -0.15) is 11.8 Å². The Morgan fingerprint density at radius 3 is 3.19 bits per heavy atom. The summed E-state index contributed by atoms with van der Waals surface area (Å²) in [4.78, 5) is 17.5. The molecule has 0 aliphatic carbocycles. The summed E-state index contributed by atoms with van der Waals surface area (Å²) in [6, 6.07) is -0.422. The molecule has 1 aromatic rings. The van der Waals surface area contributed by atoms with Crippen LogP contribution in [0.3, 0.4) is 0 Å². The van der Waals surface area contributed by atoms with Gasteiger partial charge in [-0.15, -0.1) is 11.3 Å². The van der Waals surface area contributed by atoms with Crippen LogP contribution >= 0.6 is 23.1 Å². The lowest BCUT2D eigenvalue weighted by molar-refractivity contribution is -0.138. The highest BCUT2D eigenvalue weighted by Gasteiger charge is 2.30. The molecule has 4 nitrogen and oxygen atoms in total. The maximum Gasteiger partial charge on any atom is 0.327 e. The topological polar surface area (TPSA) is 53.4 Å². The summed E-state index contributed by atoms with van der Waals surface area (Å²) in [6.45, 7) is 2.83. The number of nitrogens with zero attached hydrogens (tertiary/aromatic N) is 2. The van der Waals surface area contributed by atoms with Crippen molar-refractivity contribution < 1.29 is 9.90 Å². The lowest BCUT2D eigenvalue weighted by atomic mass is 10.3. The molecule has 6 heteroatoms. The quantitative estimate of drug-likeness (QED) is 0.894. The number of carbonyl (C=O) groups is 1. The summed E-state index contributed by atoms with van der Waals surface area (Å²) in [7, 11) is 0. The van der Waals surface area contributed by atoms with E-state index in [-0.39, 0.29) is 0 Å². The highest BCUT2D eigenvalue weighted by atomic mass is 32.2. The molecule has 1 unspecified atom stereocenters. The van der Waals surface area contributed by atoms with E-state index < -0.39 is 12.0 Å². The van der Waals surface area contributed by atoms with E-state index in [0.717, 1.165) is 29.5 Å². The summed E-state index contributed by atoms with van der Waals surface area (Å²) in [5.74, 6) is 0.877. The van der Waals surface area contributed by atoms with E-state index in [0.29, 0.717) is 5.75 Å². The molecule has 2 heterocycles. The number of aryl methyl sites for hydroxylation is 1. The average molecular weight is 258 g/mol. The number of hydrogen-bond acceptors (Lipinski definition) is 5. The molecule has 0 bridgehead atoms. The van der Waals surface area contributed by atoms with Crippen molar-refractivity contribution in [1.29, 1.82) is 0 Å². The number of thiazole rings is 1. The lowest BCUT2D eigenvalue weighted by Gasteiger charge is -2.32. The molecule has 0 saturated carbocycles. The van der Waals surface area contributed by atoms with Crippen LogP contribution in [0.25, 0.3) is 0 Å². The second-order valence-corrected chi connectivity index (χ2v) is 5.58. The molecule has 0 amide bonds. The van der Waals surface area contributed by atoms with E-state index in [1.807, 2.05) is 10.3 Å². The van der Waals surface area contributed by atoms with Crippen molar-refractivity contribution in [3.63, 3.8) is 0 Å². The molecule has 16 heavy (non-hydrogen) atoms. The van der Waals surface area contributed by atoms with Gasteiger partial charge in [0.1, 0.15) is 6.04 Å². The standard InChI is InChI=1S/C10H14N2O2S2/c1-2-7-5-16-10(11-7)12-3-4-15-6-8(12)9(13)14/h5,8H,2-4,6H2,1H3,(H,13,14). The molecular formula is C10H14N2O2S2. The fourth-order valence-corrected chi connectivity index (χ4v) is 3.65. The van der Waals surface area contributed by atoms with Gasteiger partial charge in [0.05, 0.1) is 5.69 Å². The van der Waals surface area contributed by atoms with Gasteiger partial charge in [-0.3, -0.25) is 0 Å². The second-order valence-electron chi connectivity index (χ2n) is 3.60. The van der Waals surface area contributed by atoms with Crippen LogP contribution in [0.15, 0.2) is 5.38 Å². The van der Waals surface area contributed by atoms with Crippen LogP contribution in [0.4, 0.5) is 5.13 Å². The number of aliphatic carboxylic acids is 1. The number of carboxylic acids is 1. The summed E-state index contributed by atoms with van der Waals surface area (Å²) in [6.07, 6.45) is 0.900. The largest absolute Gasteiger partial charge is 0.480 e. The van der Waals surface area contributed by atoms with Crippen LogP contribution in [-0.2, 0) is 11.2 Å². The lowest BCUT2D eigenvalue weighted by Crippen LogP contribution is -2.47. The molecule has 0 radical (unpaired) electrons. The van der Waals surface area contributed by atoms with Gasteiger partial charge in [-0.05, 0) is 6.42 Å². The van der Waals surface area contributed by atoms with Gasteiger partial charge in [0.2, 0.25) is 0 Å². The molecule has 1 atom stereocenters. The molecule has 1 saturated heterocycles. The summed E-state index contributed by atoms with van der Waals surface area (Å²) < 4.78 is 0. The average Bonchev–Trinajstić information content (AvgIpc) is 2.77. The normalized spacial score (nSPS) is 21.1. The van der Waals surface area contributed by atoms with Gasteiger partial charge in [-0.1, -0.05) is 6.92 Å². The number of aromatic nitrogens is 1. The highest BCUT2D eigenvalue weighted by molar-refractivity contribution is 7.99. The minimum atomic E-state index is -0.750. The summed E-state index contributed by atoms with van der Waals surface area (Å²) >= 11 is 3.24. The van der Waals surface area contributed by atoms with Gasteiger partial charge < -0.3 is 10.0 Å². The third-order valence-electron chi connectivity index (χ3n) is 2.56. The Morgan fingerprint density at radius 1 is 1.75 bits per heavy atom. The molecular weight excluding hydrogens is 244 g/mol. The van der Waals surface area contributed by atoms with Gasteiger partial charge in [0.15, 0.2) is 5.13 Å². The van der Waals surface area contributed by atoms with Gasteiger partial charge in [-0.25, -0.2) is 9.78 Å². The summed E-state index contributed by atoms with van der Waals surface area (Å²) in [5.41, 5.74) is 1.04. The Labute approximate surface area is 103 Å². The first kappa shape index (κ1) is 11.7. The van der Waals surface area contributed by atoms with E-state index >= 15 is 0 Å². The van der Waals surface area contributed by atoms with Crippen molar-refractivity contribution in [1.82, 2.24) is 4.98 Å². The summed E-state index contributed by atoms with van der Waals surface area (Å²) in [5, 5.41) is 12.0. The Morgan fingerprint density at radius 2 is 2.56 bits per heavy atom. The Kier molecular flexibility index (Phi) is 3.70. The van der Waals surface area contributed by atoms with E-state index in [9.17, 15) is 4.79 Å². The van der Waals surface area contributed by atoms with Crippen LogP contribution < -0.4 is 4.90 Å². The van der Waals surface area contributed by atoms with E-state index in [1.165, 1.54) is 0 Å². The van der Waals surface area contributed by atoms with E-state index in [4.69, 9.17) is 5.11 Å². The van der Waals surface area contributed by atoms with Crippen molar-refractivity contribution in [2.75, 3.05) is 23.0 Å². The van der Waals surface area contributed by atoms with Crippen LogP contribution in [-0.4, -0.2) is 40.2 Å². The smallest absolute Gasteiger partial charge is 0.327 e. The first-order valence-corrected chi connectivity index (χ1v) is 7.27. The second kappa shape index (κ2) is 5.05. The molecule has 1 aliphatic heterocycles. The van der Waals surface area contributed by atoms with Gasteiger partial charge in [0.25, 0.3) is 0 Å². The third kappa shape index (κ3) is 2.32. The van der Waals surface area contributed by atoms with Gasteiger partial charge in [0, 0.05) is 23.4 Å². The number of hydrogen-bond donors (Lipinski definition) is 1.